The highest BCUT2D eigenvalue weighted by Gasteiger charge is 2.30. The smallest absolute Gasteiger partial charge is 0.193 e. The van der Waals surface area contributed by atoms with Crippen LogP contribution in [0.2, 0.25) is 5.02 Å². The van der Waals surface area contributed by atoms with E-state index in [-0.39, 0.29) is 24.7 Å². The largest absolute Gasteiger partial charge is 0.475 e. The molecule has 0 bridgehead atoms. The fraction of sp³-hybridized carbons (Fsp3) is 0.276. The first-order valence-electron chi connectivity index (χ1n) is 12.4. The summed E-state index contributed by atoms with van der Waals surface area (Å²) in [5, 5.41) is 14.3. The number of aromatic nitrogens is 3. The van der Waals surface area contributed by atoms with Crippen molar-refractivity contribution in [3.63, 3.8) is 0 Å². The van der Waals surface area contributed by atoms with Crippen molar-refractivity contribution in [3.8, 4) is 27.9 Å². The third-order valence-corrected chi connectivity index (χ3v) is 7.40. The van der Waals surface area contributed by atoms with Crippen LogP contribution in [0.15, 0.2) is 78.3 Å². The van der Waals surface area contributed by atoms with Crippen LogP contribution in [0.4, 0.5) is 5.69 Å². The number of aliphatic imine (C=N–C) groups is 1. The molecule has 1 N–H and O–H groups in total. The van der Waals surface area contributed by atoms with Gasteiger partial charge in [-0.25, -0.2) is 14.7 Å². The van der Waals surface area contributed by atoms with E-state index in [0.29, 0.717) is 23.9 Å². The summed E-state index contributed by atoms with van der Waals surface area (Å²) < 4.78 is 13.6. The van der Waals surface area contributed by atoms with Gasteiger partial charge in [-0.1, -0.05) is 54.9 Å². The second-order valence-corrected chi connectivity index (χ2v) is 10.0. The van der Waals surface area contributed by atoms with Crippen LogP contribution in [0.5, 0.6) is 0 Å². The molecule has 6 rings (SSSR count). The summed E-state index contributed by atoms with van der Waals surface area (Å²) in [5.74, 6) is 0.930. The molecule has 2 aliphatic heterocycles. The number of aliphatic hydroxyl groups excluding tert-OH is 1. The van der Waals surface area contributed by atoms with Crippen LogP contribution in [-0.4, -0.2) is 51.2 Å². The monoisotopic (exact) mass is 514 g/mol. The Kier molecular flexibility index (Phi) is 6.50. The summed E-state index contributed by atoms with van der Waals surface area (Å²) in [4.78, 5) is 8.75. The molecule has 1 saturated heterocycles. The van der Waals surface area contributed by atoms with Gasteiger partial charge >= 0.3 is 0 Å². The van der Waals surface area contributed by atoms with Gasteiger partial charge in [-0.15, -0.1) is 0 Å². The molecule has 3 atom stereocenters. The number of halogens is 1. The lowest BCUT2D eigenvalue weighted by Crippen LogP contribution is -2.40. The Hall–Kier alpha value is -3.52. The van der Waals surface area contributed by atoms with Crippen molar-refractivity contribution < 1.29 is 14.6 Å². The van der Waals surface area contributed by atoms with E-state index in [0.717, 1.165) is 45.6 Å². The van der Waals surface area contributed by atoms with E-state index in [4.69, 9.17) is 26.1 Å². The van der Waals surface area contributed by atoms with Gasteiger partial charge in [-0.3, -0.25) is 0 Å². The predicted molar refractivity (Wildman–Crippen MR) is 144 cm³/mol. The molecule has 4 aromatic rings. The Balaban J connectivity index is 1.17. The van der Waals surface area contributed by atoms with Crippen molar-refractivity contribution >= 4 is 23.2 Å². The van der Waals surface area contributed by atoms with Crippen LogP contribution in [0.1, 0.15) is 18.9 Å². The van der Waals surface area contributed by atoms with E-state index >= 15 is 0 Å². The minimum absolute atomic E-state index is 0.0405. The Morgan fingerprint density at radius 1 is 1.05 bits per heavy atom. The molecule has 37 heavy (non-hydrogen) atoms. The van der Waals surface area contributed by atoms with Crippen LogP contribution in [0.25, 0.3) is 27.9 Å². The average Bonchev–Trinajstić information content (AvgIpc) is 3.59. The number of fused-ring (bicyclic) bond motifs is 1. The molecule has 188 valence electrons. The lowest BCUT2D eigenvalue weighted by atomic mass is 9.95. The summed E-state index contributed by atoms with van der Waals surface area (Å²) in [5.41, 5.74) is 7.13. The maximum atomic E-state index is 9.40. The number of benzene rings is 3. The Labute approximate surface area is 220 Å². The Morgan fingerprint density at radius 2 is 1.78 bits per heavy atom. The number of hydrogen-bond donors (Lipinski definition) is 1. The number of ether oxygens (including phenoxy) is 2. The summed E-state index contributed by atoms with van der Waals surface area (Å²) in [6, 6.07) is 20.6. The van der Waals surface area contributed by atoms with E-state index in [1.54, 1.807) is 11.0 Å². The van der Waals surface area contributed by atoms with Gasteiger partial charge < -0.3 is 14.6 Å². The molecule has 2 aliphatic rings. The normalized spacial score (nSPS) is 20.9. The molecule has 3 heterocycles. The van der Waals surface area contributed by atoms with Gasteiger partial charge in [0.25, 0.3) is 0 Å². The molecular formula is C29H27ClN4O3. The lowest BCUT2D eigenvalue weighted by Gasteiger charge is -2.33. The van der Waals surface area contributed by atoms with Gasteiger partial charge in [-0.2, -0.15) is 5.10 Å². The predicted octanol–water partition coefficient (Wildman–Crippen LogP) is 5.64. The molecule has 1 aromatic heterocycles. The Bertz CT molecular complexity index is 1420. The van der Waals surface area contributed by atoms with Crippen molar-refractivity contribution in [1.82, 2.24) is 14.8 Å². The zero-order valence-corrected chi connectivity index (χ0v) is 21.2. The molecule has 0 spiro atoms. The first kappa shape index (κ1) is 23.9. The second kappa shape index (κ2) is 10.1. The summed E-state index contributed by atoms with van der Waals surface area (Å²) in [6.45, 7) is 2.58. The standard InChI is InChI=1S/C29H27ClN4O3/c1-18-10-24(15-36-28(18)14-35)37-29-12-22-11-26(30)25(13-27(22)33-29)21-4-2-19(3-5-21)20-6-8-23(9-7-20)34-17-31-16-32-34/h2-9,11,13,16-18,24,28,35H,10,12,14-15H2,1H3/t18-,24+,28+/m0/s1. The van der Waals surface area contributed by atoms with Crippen LogP contribution in [0, 0.1) is 5.92 Å². The van der Waals surface area contributed by atoms with Crippen LogP contribution >= 0.6 is 11.6 Å². The van der Waals surface area contributed by atoms with Crippen molar-refractivity contribution in [1.29, 1.82) is 0 Å². The third kappa shape index (κ3) is 4.90. The van der Waals surface area contributed by atoms with E-state index in [1.807, 2.05) is 24.3 Å². The van der Waals surface area contributed by atoms with Gasteiger partial charge in [-0.05, 0) is 58.9 Å². The molecule has 3 aromatic carbocycles. The lowest BCUT2D eigenvalue weighted by molar-refractivity contribution is -0.0978. The molecule has 0 aliphatic carbocycles. The van der Waals surface area contributed by atoms with Gasteiger partial charge in [0.15, 0.2) is 5.90 Å². The minimum Gasteiger partial charge on any atom is -0.475 e. The zero-order valence-electron chi connectivity index (χ0n) is 20.4. The van der Waals surface area contributed by atoms with Crippen molar-refractivity contribution in [2.24, 2.45) is 10.9 Å². The number of rotatable bonds is 5. The maximum absolute atomic E-state index is 9.40. The molecule has 0 unspecified atom stereocenters. The van der Waals surface area contributed by atoms with Crippen molar-refractivity contribution in [3.05, 3.63) is 83.9 Å². The quantitative estimate of drug-likeness (QED) is 0.372. The topological polar surface area (TPSA) is 81.8 Å². The van der Waals surface area contributed by atoms with Crippen molar-refractivity contribution in [2.75, 3.05) is 13.2 Å². The first-order chi connectivity index (χ1) is 18.1. The van der Waals surface area contributed by atoms with E-state index in [9.17, 15) is 5.11 Å². The summed E-state index contributed by atoms with van der Waals surface area (Å²) in [7, 11) is 0. The van der Waals surface area contributed by atoms with Gasteiger partial charge in [0.05, 0.1) is 37.1 Å². The molecule has 8 heteroatoms. The molecular weight excluding hydrogens is 488 g/mol. The maximum Gasteiger partial charge on any atom is 0.193 e. The number of aliphatic hydroxyl groups is 1. The van der Waals surface area contributed by atoms with Crippen molar-refractivity contribution in [2.45, 2.75) is 32.0 Å². The van der Waals surface area contributed by atoms with Crippen LogP contribution in [0.3, 0.4) is 0 Å². The second-order valence-electron chi connectivity index (χ2n) is 9.61. The average molecular weight is 515 g/mol. The number of hydrogen-bond acceptors (Lipinski definition) is 6. The minimum atomic E-state index is -0.116. The van der Waals surface area contributed by atoms with Crippen LogP contribution in [-0.2, 0) is 15.9 Å². The Morgan fingerprint density at radius 3 is 2.46 bits per heavy atom. The molecule has 0 amide bonds. The first-order valence-corrected chi connectivity index (χ1v) is 12.8. The molecule has 7 nitrogen and oxygen atoms in total. The molecule has 0 radical (unpaired) electrons. The highest BCUT2D eigenvalue weighted by molar-refractivity contribution is 6.33. The van der Waals surface area contributed by atoms with Gasteiger partial charge in [0, 0.05) is 10.6 Å². The van der Waals surface area contributed by atoms with Gasteiger partial charge in [0.2, 0.25) is 0 Å². The summed E-state index contributed by atoms with van der Waals surface area (Å²) >= 11 is 6.71. The number of nitrogens with zero attached hydrogens (tertiary/aromatic N) is 4. The fourth-order valence-electron chi connectivity index (χ4n) is 5.00. The van der Waals surface area contributed by atoms with E-state index in [2.05, 4.69) is 53.4 Å². The van der Waals surface area contributed by atoms with E-state index < -0.39 is 0 Å². The SMILES string of the molecule is C[C@H]1C[C@@H](OC2=Nc3cc(-c4ccc(-c5ccc(-n6cncn6)cc5)cc4)c(Cl)cc3C2)CO[C@@H]1CO. The third-order valence-electron chi connectivity index (χ3n) is 7.08. The molecule has 1 fully saturated rings. The van der Waals surface area contributed by atoms with Gasteiger partial charge in [0.1, 0.15) is 18.8 Å². The fourth-order valence-corrected chi connectivity index (χ4v) is 5.30. The van der Waals surface area contributed by atoms with Crippen LogP contribution < -0.4 is 0 Å². The zero-order chi connectivity index (χ0) is 25.4. The highest BCUT2D eigenvalue weighted by atomic mass is 35.5. The summed E-state index contributed by atoms with van der Waals surface area (Å²) in [6.07, 6.45) is 4.49. The van der Waals surface area contributed by atoms with E-state index in [1.165, 1.54) is 6.33 Å². The highest BCUT2D eigenvalue weighted by Crippen LogP contribution is 2.38. The molecule has 0 saturated carbocycles.